The third-order valence-corrected chi connectivity index (χ3v) is 6.50. The molecule has 2 aromatic heterocycles. The zero-order valence-corrected chi connectivity index (χ0v) is 15.6. The van der Waals surface area contributed by atoms with Crippen LogP contribution < -0.4 is 5.56 Å². The van der Waals surface area contributed by atoms with Crippen LogP contribution in [0.4, 0.5) is 0 Å². The quantitative estimate of drug-likeness (QED) is 0.398. The van der Waals surface area contributed by atoms with E-state index in [1.807, 2.05) is 17.5 Å². The lowest BCUT2D eigenvalue weighted by atomic mass is 9.90. The average Bonchev–Trinajstić information content (AvgIpc) is 3.11. The van der Waals surface area contributed by atoms with Gasteiger partial charge in [0.2, 0.25) is 0 Å². The maximum absolute atomic E-state index is 12.6. The van der Waals surface area contributed by atoms with Crippen LogP contribution in [0.1, 0.15) is 34.3 Å². The molecule has 0 spiro atoms. The van der Waals surface area contributed by atoms with Crippen molar-refractivity contribution in [1.29, 1.82) is 0 Å². The molecule has 0 amide bonds. The summed E-state index contributed by atoms with van der Waals surface area (Å²) in [6, 6.07) is 7.87. The summed E-state index contributed by atoms with van der Waals surface area (Å²) in [5.74, 6) is 0.370. The number of ketones is 1. The number of fused-ring (bicyclic) bond motifs is 2. The summed E-state index contributed by atoms with van der Waals surface area (Å²) >= 11 is 2.78. The molecule has 25 heavy (non-hydrogen) atoms. The number of carbonyl (C=O) groups excluding carboxylic acids is 1. The Morgan fingerprint density at radius 2 is 2.04 bits per heavy atom. The van der Waals surface area contributed by atoms with E-state index in [0.29, 0.717) is 10.5 Å². The zero-order valence-electron chi connectivity index (χ0n) is 13.9. The number of aryl methyl sites for hydroxylation is 2. The highest BCUT2D eigenvalue weighted by molar-refractivity contribution is 7.99. The van der Waals surface area contributed by atoms with Crippen molar-refractivity contribution in [1.82, 2.24) is 9.55 Å². The van der Waals surface area contributed by atoms with Gasteiger partial charge in [-0.15, -0.1) is 11.3 Å². The fourth-order valence-corrected chi connectivity index (χ4v) is 4.90. The van der Waals surface area contributed by atoms with E-state index in [9.17, 15) is 9.59 Å². The molecular weight excluding hydrogens is 352 g/mol. The van der Waals surface area contributed by atoms with Crippen molar-refractivity contribution >= 4 is 39.1 Å². The molecule has 1 aliphatic rings. The molecule has 1 aliphatic carbocycles. The fraction of sp³-hybridized carbons (Fsp3) is 0.316. The minimum absolute atomic E-state index is 0.0602. The second-order valence-electron chi connectivity index (χ2n) is 6.30. The fourth-order valence-electron chi connectivity index (χ4n) is 3.23. The number of hydrogen-bond donors (Lipinski definition) is 0. The van der Waals surface area contributed by atoms with Crippen LogP contribution in [0.5, 0.6) is 0 Å². The Hall–Kier alpha value is -1.92. The summed E-state index contributed by atoms with van der Waals surface area (Å²) in [6.07, 6.45) is 4.62. The minimum atomic E-state index is -0.0602. The highest BCUT2D eigenvalue weighted by atomic mass is 32.2. The number of aromatic nitrogens is 2. The monoisotopic (exact) mass is 370 g/mol. The topological polar surface area (TPSA) is 52.0 Å². The van der Waals surface area contributed by atoms with Crippen LogP contribution in [-0.4, -0.2) is 21.1 Å². The van der Waals surface area contributed by atoms with Gasteiger partial charge < -0.3 is 0 Å². The summed E-state index contributed by atoms with van der Waals surface area (Å²) in [4.78, 5) is 30.1. The molecule has 0 N–H and O–H groups in total. The van der Waals surface area contributed by atoms with Gasteiger partial charge in [-0.2, -0.15) is 0 Å². The molecule has 0 atom stereocenters. The Morgan fingerprint density at radius 3 is 2.88 bits per heavy atom. The Bertz CT molecular complexity index is 1020. The third kappa shape index (κ3) is 3.16. The number of thiophene rings is 1. The number of rotatable bonds is 4. The highest BCUT2D eigenvalue weighted by Gasteiger charge is 2.15. The van der Waals surface area contributed by atoms with E-state index in [1.165, 1.54) is 51.6 Å². The van der Waals surface area contributed by atoms with Crippen molar-refractivity contribution in [3.8, 4) is 0 Å². The summed E-state index contributed by atoms with van der Waals surface area (Å²) in [6.45, 7) is 0. The molecule has 6 heteroatoms. The first-order chi connectivity index (χ1) is 12.1. The van der Waals surface area contributed by atoms with Crippen molar-refractivity contribution in [2.45, 2.75) is 30.8 Å². The molecule has 1 aromatic carbocycles. The number of benzene rings is 1. The molecular formula is C19H18N2O2S2. The predicted molar refractivity (Wildman–Crippen MR) is 103 cm³/mol. The lowest BCUT2D eigenvalue weighted by molar-refractivity contribution is 0.102. The van der Waals surface area contributed by atoms with Crippen LogP contribution in [0.25, 0.3) is 10.2 Å². The van der Waals surface area contributed by atoms with Crippen molar-refractivity contribution < 1.29 is 4.79 Å². The van der Waals surface area contributed by atoms with E-state index in [0.717, 1.165) is 23.2 Å². The van der Waals surface area contributed by atoms with Crippen molar-refractivity contribution in [2.75, 3.05) is 5.75 Å². The molecule has 4 rings (SSSR count). The lowest BCUT2D eigenvalue weighted by Crippen LogP contribution is -2.19. The number of nitrogens with zero attached hydrogens (tertiary/aromatic N) is 2. The Balaban J connectivity index is 1.54. The Kier molecular flexibility index (Phi) is 4.48. The van der Waals surface area contributed by atoms with Gasteiger partial charge in [0.05, 0.1) is 11.1 Å². The van der Waals surface area contributed by atoms with E-state index in [4.69, 9.17) is 0 Å². The van der Waals surface area contributed by atoms with Crippen LogP contribution in [0.15, 0.2) is 39.6 Å². The predicted octanol–water partition coefficient (Wildman–Crippen LogP) is 3.85. The largest absolute Gasteiger partial charge is 0.293 e. The molecule has 0 aliphatic heterocycles. The van der Waals surface area contributed by atoms with Gasteiger partial charge in [0.15, 0.2) is 10.9 Å². The van der Waals surface area contributed by atoms with Crippen molar-refractivity contribution in [3.63, 3.8) is 0 Å². The average molecular weight is 370 g/mol. The third-order valence-electron chi connectivity index (χ3n) is 4.67. The first-order valence-electron chi connectivity index (χ1n) is 8.35. The molecule has 2 heterocycles. The van der Waals surface area contributed by atoms with E-state index in [-0.39, 0.29) is 17.1 Å². The minimum Gasteiger partial charge on any atom is -0.293 e. The van der Waals surface area contributed by atoms with Crippen molar-refractivity contribution in [3.05, 3.63) is 56.7 Å². The van der Waals surface area contributed by atoms with Gasteiger partial charge >= 0.3 is 0 Å². The second kappa shape index (κ2) is 6.77. The van der Waals surface area contributed by atoms with Gasteiger partial charge in [0.1, 0.15) is 4.83 Å². The number of thioether (sulfide) groups is 1. The Labute approximate surface area is 153 Å². The molecule has 4 nitrogen and oxygen atoms in total. The molecule has 3 aromatic rings. The van der Waals surface area contributed by atoms with Gasteiger partial charge in [-0.1, -0.05) is 23.9 Å². The van der Waals surface area contributed by atoms with E-state index >= 15 is 0 Å². The number of Topliss-reactive ketones (excluding diaryl/α,β-unsaturated/α-hetero) is 1. The van der Waals surface area contributed by atoms with E-state index < -0.39 is 0 Å². The first kappa shape index (κ1) is 16.5. The van der Waals surface area contributed by atoms with Crippen LogP contribution in [-0.2, 0) is 19.9 Å². The molecule has 0 radical (unpaired) electrons. The standard InChI is InChI=1S/C19H18N2O2S2/c1-21-18(23)15-8-9-24-17(15)20-19(21)25-11-16(22)14-7-6-12-4-2-3-5-13(12)10-14/h6-10H,2-5,11H2,1H3. The second-order valence-corrected chi connectivity index (χ2v) is 8.14. The van der Waals surface area contributed by atoms with Gasteiger partial charge in [-0.05, 0) is 54.3 Å². The first-order valence-corrected chi connectivity index (χ1v) is 10.2. The zero-order chi connectivity index (χ0) is 17.4. The Morgan fingerprint density at radius 1 is 1.24 bits per heavy atom. The van der Waals surface area contributed by atoms with Crippen LogP contribution in [0, 0.1) is 0 Å². The maximum Gasteiger partial charge on any atom is 0.262 e. The molecule has 0 saturated carbocycles. The van der Waals surface area contributed by atoms with Gasteiger partial charge in [0.25, 0.3) is 5.56 Å². The van der Waals surface area contributed by atoms with Gasteiger partial charge in [-0.25, -0.2) is 4.98 Å². The maximum atomic E-state index is 12.6. The SMILES string of the molecule is Cn1c(SCC(=O)c2ccc3c(c2)CCCC3)nc2sccc2c1=O. The molecule has 0 fully saturated rings. The normalized spacial score (nSPS) is 13.8. The summed E-state index contributed by atoms with van der Waals surface area (Å²) in [5, 5.41) is 3.09. The van der Waals surface area contributed by atoms with E-state index in [2.05, 4.69) is 11.1 Å². The molecule has 0 unspecified atom stereocenters. The molecule has 0 bridgehead atoms. The van der Waals surface area contributed by atoms with Crippen LogP contribution in [0.2, 0.25) is 0 Å². The summed E-state index contributed by atoms with van der Waals surface area (Å²) in [5.41, 5.74) is 3.39. The molecule has 0 saturated heterocycles. The van der Waals surface area contributed by atoms with E-state index in [1.54, 1.807) is 13.1 Å². The van der Waals surface area contributed by atoms with Gasteiger partial charge in [0, 0.05) is 12.6 Å². The van der Waals surface area contributed by atoms with Crippen LogP contribution >= 0.6 is 23.1 Å². The van der Waals surface area contributed by atoms with Gasteiger partial charge in [-0.3, -0.25) is 14.2 Å². The highest BCUT2D eigenvalue weighted by Crippen LogP contribution is 2.24. The molecule has 128 valence electrons. The smallest absolute Gasteiger partial charge is 0.262 e. The van der Waals surface area contributed by atoms with Crippen molar-refractivity contribution in [2.24, 2.45) is 7.05 Å². The van der Waals surface area contributed by atoms with Crippen LogP contribution in [0.3, 0.4) is 0 Å². The number of hydrogen-bond acceptors (Lipinski definition) is 5. The summed E-state index contributed by atoms with van der Waals surface area (Å²) < 4.78 is 1.53. The number of carbonyl (C=O) groups is 1. The summed E-state index contributed by atoms with van der Waals surface area (Å²) in [7, 11) is 1.71. The lowest BCUT2D eigenvalue weighted by Gasteiger charge is -2.16.